The Morgan fingerprint density at radius 3 is 2.85 bits per heavy atom. The molecule has 0 bridgehead atoms. The largest absolute Gasteiger partial charge is 0.490 e. The Balaban J connectivity index is 0.00000200. The van der Waals surface area contributed by atoms with Gasteiger partial charge in [-0.2, -0.15) is 0 Å². The number of nitrogens with zero attached hydrogens (tertiary/aromatic N) is 1. The monoisotopic (exact) mass is 389 g/mol. The van der Waals surface area contributed by atoms with Gasteiger partial charge in [0.25, 0.3) is 0 Å². The molecule has 0 amide bonds. The molecule has 0 saturated carbocycles. The molecule has 6 heteroatoms. The van der Waals surface area contributed by atoms with Crippen LogP contribution in [0, 0.1) is 0 Å². The third-order valence-electron chi connectivity index (χ3n) is 2.67. The predicted molar refractivity (Wildman–Crippen MR) is 91.0 cm³/mol. The predicted octanol–water partition coefficient (Wildman–Crippen LogP) is 2.06. The molecule has 2 rings (SSSR count). The number of ether oxygens (including phenoxy) is 2. The molecule has 110 valence electrons. The molecule has 20 heavy (non-hydrogen) atoms. The van der Waals surface area contributed by atoms with Crippen LogP contribution in [0.4, 0.5) is 0 Å². The van der Waals surface area contributed by atoms with Gasteiger partial charge in [-0.3, -0.25) is 0 Å². The van der Waals surface area contributed by atoms with Crippen molar-refractivity contribution in [2.75, 3.05) is 19.8 Å². The molecule has 3 N–H and O–H groups in total. The number of guanidine groups is 1. The van der Waals surface area contributed by atoms with E-state index in [9.17, 15) is 0 Å². The highest BCUT2D eigenvalue weighted by atomic mass is 127. The van der Waals surface area contributed by atoms with Crippen LogP contribution in [0.1, 0.15) is 12.0 Å². The average Bonchev–Trinajstić information content (AvgIpc) is 2.67. The molecule has 1 aromatic rings. The van der Waals surface area contributed by atoms with Gasteiger partial charge >= 0.3 is 0 Å². The zero-order chi connectivity index (χ0) is 13.5. The number of nitrogens with two attached hydrogens (primary N) is 1. The number of rotatable bonds is 4. The van der Waals surface area contributed by atoms with Crippen molar-refractivity contribution in [3.05, 3.63) is 36.4 Å². The molecule has 1 aliphatic heterocycles. The molecule has 0 atom stereocenters. The molecule has 0 spiro atoms. The Morgan fingerprint density at radius 1 is 1.35 bits per heavy atom. The Labute approximate surface area is 136 Å². The number of halogens is 1. The van der Waals surface area contributed by atoms with E-state index < -0.39 is 0 Å². The summed E-state index contributed by atoms with van der Waals surface area (Å²) < 4.78 is 11.2. The van der Waals surface area contributed by atoms with Crippen molar-refractivity contribution in [2.45, 2.75) is 13.0 Å². The zero-order valence-corrected chi connectivity index (χ0v) is 13.6. The quantitative estimate of drug-likeness (QED) is 0.358. The summed E-state index contributed by atoms with van der Waals surface area (Å²) in [7, 11) is 0. The smallest absolute Gasteiger partial charge is 0.189 e. The van der Waals surface area contributed by atoms with Crippen molar-refractivity contribution in [2.24, 2.45) is 10.7 Å². The topological polar surface area (TPSA) is 68.9 Å². The van der Waals surface area contributed by atoms with Crippen molar-refractivity contribution >= 4 is 29.9 Å². The zero-order valence-electron chi connectivity index (χ0n) is 11.3. The minimum absolute atomic E-state index is 0. The Bertz CT molecular complexity index is 477. The van der Waals surface area contributed by atoms with Crippen LogP contribution in [0.5, 0.6) is 11.5 Å². The van der Waals surface area contributed by atoms with Crippen molar-refractivity contribution < 1.29 is 9.47 Å². The highest BCUT2D eigenvalue weighted by Crippen LogP contribution is 2.30. The van der Waals surface area contributed by atoms with E-state index in [1.54, 1.807) is 6.08 Å². The minimum atomic E-state index is 0. The maximum absolute atomic E-state index is 5.71. The first-order valence-electron chi connectivity index (χ1n) is 6.33. The average molecular weight is 389 g/mol. The molecule has 0 aromatic heterocycles. The third-order valence-corrected chi connectivity index (χ3v) is 2.67. The fourth-order valence-corrected chi connectivity index (χ4v) is 1.72. The van der Waals surface area contributed by atoms with Crippen molar-refractivity contribution in [1.82, 2.24) is 5.32 Å². The second-order valence-electron chi connectivity index (χ2n) is 4.20. The number of fused-ring (bicyclic) bond motifs is 1. The lowest BCUT2D eigenvalue weighted by molar-refractivity contribution is 0.297. The van der Waals surface area contributed by atoms with Gasteiger partial charge in [0.05, 0.1) is 19.8 Å². The second-order valence-corrected chi connectivity index (χ2v) is 4.20. The molecule has 0 saturated heterocycles. The van der Waals surface area contributed by atoms with Gasteiger partial charge in [0.1, 0.15) is 0 Å². The van der Waals surface area contributed by atoms with Gasteiger partial charge in [0.2, 0.25) is 0 Å². The van der Waals surface area contributed by atoms with Crippen LogP contribution in [0.2, 0.25) is 0 Å². The molecule has 0 aliphatic carbocycles. The van der Waals surface area contributed by atoms with Crippen LogP contribution in [0.15, 0.2) is 35.8 Å². The van der Waals surface area contributed by atoms with Crippen LogP contribution in [-0.2, 0) is 6.54 Å². The van der Waals surface area contributed by atoms with E-state index in [0.717, 1.165) is 23.5 Å². The maximum Gasteiger partial charge on any atom is 0.189 e. The van der Waals surface area contributed by atoms with E-state index in [1.807, 2.05) is 18.2 Å². The number of benzene rings is 1. The third kappa shape index (κ3) is 4.92. The summed E-state index contributed by atoms with van der Waals surface area (Å²) in [6.07, 6.45) is 2.64. The van der Waals surface area contributed by atoms with Gasteiger partial charge in [-0.1, -0.05) is 12.1 Å². The van der Waals surface area contributed by atoms with Crippen LogP contribution >= 0.6 is 24.0 Å². The Morgan fingerprint density at radius 2 is 2.10 bits per heavy atom. The second kappa shape index (κ2) is 8.68. The maximum atomic E-state index is 5.71. The minimum Gasteiger partial charge on any atom is -0.490 e. The summed E-state index contributed by atoms with van der Waals surface area (Å²) in [6.45, 7) is 6.10. The van der Waals surface area contributed by atoms with Gasteiger partial charge in [-0.15, -0.1) is 30.6 Å². The normalized spacial score (nSPS) is 13.9. The fraction of sp³-hybridized carbons (Fsp3) is 0.357. The SMILES string of the molecule is C=CCNC(N)=NCc1ccc2c(c1)OCCCO2.I. The molecule has 0 radical (unpaired) electrons. The van der Waals surface area contributed by atoms with E-state index >= 15 is 0 Å². The van der Waals surface area contributed by atoms with E-state index in [1.165, 1.54) is 0 Å². The van der Waals surface area contributed by atoms with E-state index in [4.69, 9.17) is 15.2 Å². The van der Waals surface area contributed by atoms with Crippen molar-refractivity contribution in [3.8, 4) is 11.5 Å². The van der Waals surface area contributed by atoms with Crippen LogP contribution < -0.4 is 20.5 Å². The highest BCUT2D eigenvalue weighted by molar-refractivity contribution is 14.0. The first kappa shape index (κ1) is 16.6. The molecule has 0 fully saturated rings. The lowest BCUT2D eigenvalue weighted by atomic mass is 10.2. The van der Waals surface area contributed by atoms with Crippen LogP contribution in [0.25, 0.3) is 0 Å². The molecule has 1 aromatic carbocycles. The van der Waals surface area contributed by atoms with E-state index in [-0.39, 0.29) is 24.0 Å². The fourth-order valence-electron chi connectivity index (χ4n) is 1.72. The first-order chi connectivity index (χ1) is 9.29. The molecule has 1 aliphatic rings. The number of nitrogens with one attached hydrogen (secondary N) is 1. The Hall–Kier alpha value is -1.44. The standard InChI is InChI=1S/C14H19N3O2.HI/c1-2-6-16-14(15)17-10-11-4-5-12-13(9-11)19-8-3-7-18-12;/h2,4-5,9H,1,3,6-8,10H2,(H3,15,16,17);1H. The summed E-state index contributed by atoms with van der Waals surface area (Å²) in [6, 6.07) is 5.83. The molecule has 0 unspecified atom stereocenters. The van der Waals surface area contributed by atoms with Crippen molar-refractivity contribution in [3.63, 3.8) is 0 Å². The lowest BCUT2D eigenvalue weighted by Gasteiger charge is -2.08. The number of hydrogen-bond acceptors (Lipinski definition) is 3. The molecular formula is C14H20IN3O2. The van der Waals surface area contributed by atoms with Gasteiger partial charge < -0.3 is 20.5 Å². The van der Waals surface area contributed by atoms with Gasteiger partial charge in [-0.05, 0) is 17.7 Å². The summed E-state index contributed by atoms with van der Waals surface area (Å²) in [4.78, 5) is 4.24. The van der Waals surface area contributed by atoms with E-state index in [0.29, 0.717) is 32.3 Å². The highest BCUT2D eigenvalue weighted by Gasteiger charge is 2.10. The van der Waals surface area contributed by atoms with Gasteiger partial charge in [-0.25, -0.2) is 4.99 Å². The van der Waals surface area contributed by atoms with Gasteiger partial charge in [0, 0.05) is 13.0 Å². The first-order valence-corrected chi connectivity index (χ1v) is 6.33. The summed E-state index contributed by atoms with van der Waals surface area (Å²) >= 11 is 0. The van der Waals surface area contributed by atoms with Crippen molar-refractivity contribution in [1.29, 1.82) is 0 Å². The molecule has 1 heterocycles. The molecular weight excluding hydrogens is 369 g/mol. The number of aliphatic imine (C=N–C) groups is 1. The molecule has 5 nitrogen and oxygen atoms in total. The van der Waals surface area contributed by atoms with Crippen LogP contribution in [0.3, 0.4) is 0 Å². The Kier molecular flexibility index (Phi) is 7.21. The van der Waals surface area contributed by atoms with E-state index in [2.05, 4.69) is 16.9 Å². The number of hydrogen-bond donors (Lipinski definition) is 2. The lowest BCUT2D eigenvalue weighted by Crippen LogP contribution is -2.31. The summed E-state index contributed by atoms with van der Waals surface area (Å²) in [5.74, 6) is 1.98. The van der Waals surface area contributed by atoms with Crippen LogP contribution in [-0.4, -0.2) is 25.7 Å². The van der Waals surface area contributed by atoms with Gasteiger partial charge in [0.15, 0.2) is 17.5 Å². The summed E-state index contributed by atoms with van der Waals surface area (Å²) in [5.41, 5.74) is 6.74. The summed E-state index contributed by atoms with van der Waals surface area (Å²) in [5, 5.41) is 2.93.